The van der Waals surface area contributed by atoms with Crippen molar-refractivity contribution in [2.45, 2.75) is 32.5 Å². The summed E-state index contributed by atoms with van der Waals surface area (Å²) >= 11 is 0. The Kier molecular flexibility index (Phi) is 3.21. The lowest BCUT2D eigenvalue weighted by Gasteiger charge is -2.26. The molecule has 0 spiro atoms. The minimum absolute atomic E-state index is 0.345. The molecular formula is C18H23NOSi. The summed E-state index contributed by atoms with van der Waals surface area (Å²) in [6.45, 7) is 7.04. The molecule has 110 valence electrons. The van der Waals surface area contributed by atoms with Gasteiger partial charge in [-0.15, -0.1) is 0 Å². The number of rotatable bonds is 2. The third-order valence-electron chi connectivity index (χ3n) is 4.36. The molecule has 0 fully saturated rings. The number of hydrogen-bond donors (Lipinski definition) is 0. The Morgan fingerprint density at radius 3 is 2.43 bits per heavy atom. The number of hydrogen-bond acceptors (Lipinski definition) is 2. The number of benzene rings is 2. The van der Waals surface area contributed by atoms with E-state index in [9.17, 15) is 4.79 Å². The Balaban J connectivity index is 2.52. The standard InChI is InChI=1S/C18H23NOSi/c1-19(2)14-8-6-7-12-11-13-9-10-15(20)17(13)18(16(12)14)21(3,4)5/h6-8,11H,9-10H2,1-5H3. The molecule has 3 rings (SSSR count). The number of anilines is 1. The van der Waals surface area contributed by atoms with E-state index in [0.717, 1.165) is 12.0 Å². The Morgan fingerprint density at radius 1 is 1.10 bits per heavy atom. The molecule has 0 saturated carbocycles. The Labute approximate surface area is 127 Å². The summed E-state index contributed by atoms with van der Waals surface area (Å²) in [6.07, 6.45) is 1.59. The SMILES string of the molecule is CN(C)c1cccc2cc3c(c([Si](C)(C)C)c12)C(=O)CC3. The van der Waals surface area contributed by atoms with Gasteiger partial charge in [0, 0.05) is 37.2 Å². The maximum Gasteiger partial charge on any atom is 0.163 e. The molecule has 1 aliphatic carbocycles. The second kappa shape index (κ2) is 4.70. The van der Waals surface area contributed by atoms with E-state index in [2.05, 4.69) is 62.9 Å². The number of fused-ring (bicyclic) bond motifs is 2. The van der Waals surface area contributed by atoms with Crippen LogP contribution in [0.5, 0.6) is 0 Å². The van der Waals surface area contributed by atoms with Gasteiger partial charge < -0.3 is 4.90 Å². The highest BCUT2D eigenvalue weighted by atomic mass is 28.3. The number of nitrogens with zero attached hydrogens (tertiary/aromatic N) is 1. The zero-order chi connectivity index (χ0) is 15.4. The number of carbonyl (C=O) groups excluding carboxylic acids is 1. The molecule has 1 aliphatic rings. The lowest BCUT2D eigenvalue weighted by molar-refractivity contribution is 0.0995. The van der Waals surface area contributed by atoms with E-state index in [1.807, 2.05) is 0 Å². The quantitative estimate of drug-likeness (QED) is 0.790. The van der Waals surface area contributed by atoms with Crippen LogP contribution in [0.3, 0.4) is 0 Å². The predicted octanol–water partition coefficient (Wildman–Crippen LogP) is 3.58. The lowest BCUT2D eigenvalue weighted by atomic mass is 10.0. The normalized spacial score (nSPS) is 14.6. The van der Waals surface area contributed by atoms with Gasteiger partial charge in [0.05, 0.1) is 8.07 Å². The first-order valence-electron chi connectivity index (χ1n) is 7.60. The molecule has 3 heteroatoms. The fourth-order valence-corrected chi connectivity index (χ4v) is 5.58. The molecule has 0 unspecified atom stereocenters. The van der Waals surface area contributed by atoms with Gasteiger partial charge in [-0.05, 0) is 28.6 Å². The van der Waals surface area contributed by atoms with Gasteiger partial charge in [0.25, 0.3) is 0 Å². The molecule has 0 N–H and O–H groups in total. The molecule has 21 heavy (non-hydrogen) atoms. The summed E-state index contributed by atoms with van der Waals surface area (Å²) < 4.78 is 0. The third kappa shape index (κ3) is 2.20. The number of Topliss-reactive ketones (excluding diaryl/α,β-unsaturated/α-hetero) is 1. The summed E-state index contributed by atoms with van der Waals surface area (Å²) in [6, 6.07) is 8.72. The maximum absolute atomic E-state index is 12.5. The van der Waals surface area contributed by atoms with Gasteiger partial charge in [0.2, 0.25) is 0 Å². The summed E-state index contributed by atoms with van der Waals surface area (Å²) in [5.41, 5.74) is 3.55. The Hall–Kier alpha value is -1.61. The fraction of sp³-hybridized carbons (Fsp3) is 0.389. The summed E-state index contributed by atoms with van der Waals surface area (Å²) in [7, 11) is 2.54. The van der Waals surface area contributed by atoms with Crippen molar-refractivity contribution in [1.82, 2.24) is 0 Å². The van der Waals surface area contributed by atoms with Crippen LogP contribution in [-0.4, -0.2) is 28.0 Å². The first-order chi connectivity index (χ1) is 9.80. The smallest absolute Gasteiger partial charge is 0.163 e. The third-order valence-corrected chi connectivity index (χ3v) is 6.36. The van der Waals surface area contributed by atoms with E-state index in [1.54, 1.807) is 0 Å². The van der Waals surface area contributed by atoms with Crippen molar-refractivity contribution < 1.29 is 4.79 Å². The molecule has 0 aromatic heterocycles. The maximum atomic E-state index is 12.5. The van der Waals surface area contributed by atoms with Crippen molar-refractivity contribution in [3.05, 3.63) is 35.4 Å². The average molecular weight is 297 g/mol. The molecule has 0 bridgehead atoms. The fourth-order valence-electron chi connectivity index (χ4n) is 3.51. The van der Waals surface area contributed by atoms with E-state index in [4.69, 9.17) is 0 Å². The highest BCUT2D eigenvalue weighted by Crippen LogP contribution is 2.33. The zero-order valence-electron chi connectivity index (χ0n) is 13.6. The van der Waals surface area contributed by atoms with Crippen LogP contribution in [0.15, 0.2) is 24.3 Å². The number of aryl methyl sites for hydroxylation is 1. The van der Waals surface area contributed by atoms with Crippen LogP contribution in [0.25, 0.3) is 10.8 Å². The molecule has 2 nitrogen and oxygen atoms in total. The van der Waals surface area contributed by atoms with Gasteiger partial charge >= 0.3 is 0 Å². The van der Waals surface area contributed by atoms with Gasteiger partial charge in [-0.2, -0.15) is 0 Å². The van der Waals surface area contributed by atoms with Crippen LogP contribution in [0.2, 0.25) is 19.6 Å². The Bertz CT molecular complexity index is 741. The molecule has 0 atom stereocenters. The minimum Gasteiger partial charge on any atom is -0.377 e. The van der Waals surface area contributed by atoms with Crippen molar-refractivity contribution in [2.75, 3.05) is 19.0 Å². The van der Waals surface area contributed by atoms with Gasteiger partial charge in [-0.3, -0.25) is 4.79 Å². The molecule has 0 aliphatic heterocycles. The van der Waals surface area contributed by atoms with Crippen molar-refractivity contribution in [3.8, 4) is 0 Å². The van der Waals surface area contributed by atoms with Gasteiger partial charge in [-0.25, -0.2) is 0 Å². The van der Waals surface area contributed by atoms with Gasteiger partial charge in [0.1, 0.15) is 0 Å². The van der Waals surface area contributed by atoms with E-state index in [0.29, 0.717) is 12.2 Å². The first-order valence-corrected chi connectivity index (χ1v) is 11.1. The second-order valence-corrected chi connectivity index (χ2v) is 12.2. The van der Waals surface area contributed by atoms with Crippen LogP contribution >= 0.6 is 0 Å². The zero-order valence-corrected chi connectivity index (χ0v) is 14.6. The topological polar surface area (TPSA) is 20.3 Å². The molecule has 2 aromatic carbocycles. The monoisotopic (exact) mass is 297 g/mol. The Morgan fingerprint density at radius 2 is 1.81 bits per heavy atom. The average Bonchev–Trinajstić information content (AvgIpc) is 2.75. The molecule has 2 aromatic rings. The lowest BCUT2D eigenvalue weighted by Crippen LogP contribution is -2.42. The molecule has 0 heterocycles. The summed E-state index contributed by atoms with van der Waals surface area (Å²) in [5.74, 6) is 0.345. The number of carbonyl (C=O) groups is 1. The predicted molar refractivity (Wildman–Crippen MR) is 93.9 cm³/mol. The van der Waals surface area contributed by atoms with Crippen molar-refractivity contribution in [3.63, 3.8) is 0 Å². The van der Waals surface area contributed by atoms with Crippen LogP contribution in [0, 0.1) is 0 Å². The number of ketones is 1. The van der Waals surface area contributed by atoms with E-state index in [1.165, 1.54) is 27.2 Å². The highest BCUT2D eigenvalue weighted by molar-refractivity contribution is 6.91. The van der Waals surface area contributed by atoms with Gasteiger partial charge in [-0.1, -0.05) is 37.8 Å². The van der Waals surface area contributed by atoms with Crippen molar-refractivity contribution in [1.29, 1.82) is 0 Å². The van der Waals surface area contributed by atoms with Crippen LogP contribution < -0.4 is 10.1 Å². The highest BCUT2D eigenvalue weighted by Gasteiger charge is 2.32. The van der Waals surface area contributed by atoms with Gasteiger partial charge in [0.15, 0.2) is 5.78 Å². The largest absolute Gasteiger partial charge is 0.377 e. The summed E-state index contributed by atoms with van der Waals surface area (Å²) in [5, 5.41) is 3.95. The van der Waals surface area contributed by atoms with Crippen LogP contribution in [0.1, 0.15) is 22.3 Å². The van der Waals surface area contributed by atoms with E-state index < -0.39 is 8.07 Å². The molecule has 0 amide bonds. The van der Waals surface area contributed by atoms with Crippen molar-refractivity contribution in [2.24, 2.45) is 0 Å². The minimum atomic E-state index is -1.62. The van der Waals surface area contributed by atoms with Crippen LogP contribution in [0.4, 0.5) is 5.69 Å². The first kappa shape index (κ1) is 14.3. The van der Waals surface area contributed by atoms with Crippen molar-refractivity contribution >= 4 is 35.5 Å². The molecule has 0 saturated heterocycles. The second-order valence-electron chi connectivity index (χ2n) is 7.23. The van der Waals surface area contributed by atoms with E-state index in [-0.39, 0.29) is 0 Å². The molecule has 0 radical (unpaired) electrons. The van der Waals surface area contributed by atoms with Crippen LogP contribution in [-0.2, 0) is 6.42 Å². The van der Waals surface area contributed by atoms with E-state index >= 15 is 0 Å². The summed E-state index contributed by atoms with van der Waals surface area (Å²) in [4.78, 5) is 14.6. The molecular weight excluding hydrogens is 274 g/mol.